The van der Waals surface area contributed by atoms with Gasteiger partial charge in [0.15, 0.2) is 6.34 Å². The van der Waals surface area contributed by atoms with Gasteiger partial charge in [-0.25, -0.2) is 4.39 Å². The topological polar surface area (TPSA) is 27.1 Å². The number of halogens is 1. The Morgan fingerprint density at radius 2 is 2.43 bits per heavy atom. The molecule has 41 valence electrons. The molecule has 0 heterocycles. The van der Waals surface area contributed by atoms with Gasteiger partial charge in [-0.15, -0.1) is 0 Å². The van der Waals surface area contributed by atoms with Crippen molar-refractivity contribution in [3.8, 4) is 0 Å². The molecule has 0 aliphatic heterocycles. The minimum atomic E-state index is -0.414. The zero-order chi connectivity index (χ0) is 5.70. The van der Waals surface area contributed by atoms with Gasteiger partial charge in [-0.2, -0.15) is 0 Å². The molecule has 0 fully saturated rings. The Morgan fingerprint density at radius 1 is 1.86 bits per heavy atom. The number of alkyl halides is 1. The lowest BCUT2D eigenvalue weighted by molar-refractivity contribution is 0.401. The van der Waals surface area contributed by atoms with Crippen LogP contribution in [-0.4, -0.2) is 31.5 Å². The van der Waals surface area contributed by atoms with Crippen LogP contribution < -0.4 is 0 Å². The van der Waals surface area contributed by atoms with E-state index in [1.807, 2.05) is 6.34 Å². The van der Waals surface area contributed by atoms with E-state index >= 15 is 0 Å². The Kier molecular flexibility index (Phi) is 3.28. The fourth-order valence-electron chi connectivity index (χ4n) is 0.183. The van der Waals surface area contributed by atoms with Gasteiger partial charge in [-0.1, -0.05) is 0 Å². The fraction of sp³-hybridized carbons (Fsp3) is 0.750. The van der Waals surface area contributed by atoms with Crippen LogP contribution in [0.4, 0.5) is 4.39 Å². The van der Waals surface area contributed by atoms with Crippen LogP contribution in [0, 0.1) is 5.41 Å². The Morgan fingerprint density at radius 3 is 2.57 bits per heavy atom. The molecule has 0 rings (SSSR count). The SMILES string of the molecule is CN([C]=N)CCF. The normalized spacial score (nSPS) is 8.29. The number of rotatable bonds is 3. The molecule has 0 aromatic rings. The highest BCUT2D eigenvalue weighted by molar-refractivity contribution is 5.49. The van der Waals surface area contributed by atoms with E-state index in [0.717, 1.165) is 0 Å². The quantitative estimate of drug-likeness (QED) is 0.312. The van der Waals surface area contributed by atoms with Crippen molar-refractivity contribution in [2.45, 2.75) is 0 Å². The third-order valence-electron chi connectivity index (χ3n) is 0.611. The summed E-state index contributed by atoms with van der Waals surface area (Å²) in [5.74, 6) is 0. The van der Waals surface area contributed by atoms with Crippen molar-refractivity contribution in [3.63, 3.8) is 0 Å². The van der Waals surface area contributed by atoms with Gasteiger partial charge in [0.05, 0.1) is 0 Å². The summed E-state index contributed by atoms with van der Waals surface area (Å²) in [6.45, 7) is -0.147. The van der Waals surface area contributed by atoms with E-state index in [2.05, 4.69) is 0 Å². The van der Waals surface area contributed by atoms with Gasteiger partial charge in [0.25, 0.3) is 0 Å². The molecule has 0 bridgehead atoms. The molecule has 0 saturated carbocycles. The summed E-state index contributed by atoms with van der Waals surface area (Å²) in [6.07, 6.45) is 2.01. The van der Waals surface area contributed by atoms with Crippen LogP contribution in [0.15, 0.2) is 0 Å². The van der Waals surface area contributed by atoms with E-state index in [1.165, 1.54) is 4.90 Å². The van der Waals surface area contributed by atoms with Crippen molar-refractivity contribution in [1.82, 2.24) is 4.90 Å². The molecule has 2 nitrogen and oxygen atoms in total. The van der Waals surface area contributed by atoms with Gasteiger partial charge in [-0.05, 0) is 0 Å². The Hall–Kier alpha value is -0.600. The zero-order valence-electron chi connectivity index (χ0n) is 4.24. The predicted molar refractivity (Wildman–Crippen MR) is 26.3 cm³/mol. The highest BCUT2D eigenvalue weighted by Crippen LogP contribution is 1.73. The van der Waals surface area contributed by atoms with Crippen molar-refractivity contribution in [2.75, 3.05) is 20.3 Å². The van der Waals surface area contributed by atoms with Crippen molar-refractivity contribution in [1.29, 1.82) is 5.41 Å². The van der Waals surface area contributed by atoms with Crippen LogP contribution in [0.3, 0.4) is 0 Å². The average molecular weight is 103 g/mol. The first-order chi connectivity index (χ1) is 3.31. The Balaban J connectivity index is 2.98. The third-order valence-corrected chi connectivity index (χ3v) is 0.611. The maximum atomic E-state index is 11.3. The highest BCUT2D eigenvalue weighted by Gasteiger charge is 1.86. The minimum Gasteiger partial charge on any atom is -0.354 e. The lowest BCUT2D eigenvalue weighted by Gasteiger charge is -2.04. The lowest BCUT2D eigenvalue weighted by Crippen LogP contribution is -2.17. The number of nitrogens with one attached hydrogen (secondary N) is 1. The van der Waals surface area contributed by atoms with E-state index < -0.39 is 6.67 Å². The molecule has 0 spiro atoms. The van der Waals surface area contributed by atoms with Crippen molar-refractivity contribution >= 4 is 6.34 Å². The smallest absolute Gasteiger partial charge is 0.163 e. The van der Waals surface area contributed by atoms with Gasteiger partial charge in [0.1, 0.15) is 6.67 Å². The molecule has 0 aromatic heterocycles. The van der Waals surface area contributed by atoms with Crippen LogP contribution in [-0.2, 0) is 0 Å². The first-order valence-corrected chi connectivity index (χ1v) is 2.00. The second kappa shape index (κ2) is 3.59. The first-order valence-electron chi connectivity index (χ1n) is 2.00. The molecular formula is C4H8FN2. The molecule has 3 heteroatoms. The molecule has 1 radical (unpaired) electrons. The maximum Gasteiger partial charge on any atom is 0.163 e. The molecule has 1 N–H and O–H groups in total. The van der Waals surface area contributed by atoms with E-state index in [0.29, 0.717) is 0 Å². The van der Waals surface area contributed by atoms with E-state index in [1.54, 1.807) is 7.05 Å². The summed E-state index contributed by atoms with van der Waals surface area (Å²) >= 11 is 0. The van der Waals surface area contributed by atoms with Gasteiger partial charge >= 0.3 is 0 Å². The molecular weight excluding hydrogens is 95.1 g/mol. The molecule has 7 heavy (non-hydrogen) atoms. The van der Waals surface area contributed by atoms with Gasteiger partial charge in [0, 0.05) is 13.6 Å². The lowest BCUT2D eigenvalue weighted by atomic mass is 10.7. The van der Waals surface area contributed by atoms with E-state index in [9.17, 15) is 4.39 Å². The number of hydrogen-bond acceptors (Lipinski definition) is 1. The van der Waals surface area contributed by atoms with Crippen molar-refractivity contribution in [2.24, 2.45) is 0 Å². The van der Waals surface area contributed by atoms with Gasteiger partial charge in [0.2, 0.25) is 0 Å². The van der Waals surface area contributed by atoms with Gasteiger partial charge < -0.3 is 4.90 Å². The molecule has 0 aromatic carbocycles. The van der Waals surface area contributed by atoms with Crippen LogP contribution >= 0.6 is 0 Å². The summed E-state index contributed by atoms with van der Waals surface area (Å²) in [5, 5.41) is 6.42. The monoisotopic (exact) mass is 103 g/mol. The van der Waals surface area contributed by atoms with E-state index in [-0.39, 0.29) is 6.54 Å². The molecule has 0 atom stereocenters. The largest absolute Gasteiger partial charge is 0.354 e. The summed E-state index contributed by atoms with van der Waals surface area (Å²) in [7, 11) is 1.60. The summed E-state index contributed by atoms with van der Waals surface area (Å²) < 4.78 is 11.3. The average Bonchev–Trinajstić information content (AvgIpc) is 1.68. The van der Waals surface area contributed by atoms with Crippen molar-refractivity contribution < 1.29 is 4.39 Å². The standard InChI is InChI=1S/C4H8FN2/c1-7(4-6)3-2-5/h6H,2-3H2,1H3. The number of nitrogens with zero attached hydrogens (tertiary/aromatic N) is 1. The first kappa shape index (κ1) is 6.40. The maximum absolute atomic E-state index is 11.3. The highest BCUT2D eigenvalue weighted by atomic mass is 19.1. The predicted octanol–water partition coefficient (Wildman–Crippen LogP) is 0.372. The van der Waals surface area contributed by atoms with Crippen LogP contribution in [0.2, 0.25) is 0 Å². The summed E-state index contributed by atoms with van der Waals surface area (Å²) in [4.78, 5) is 1.35. The van der Waals surface area contributed by atoms with Crippen molar-refractivity contribution in [3.05, 3.63) is 0 Å². The molecule has 0 aliphatic rings. The Labute approximate surface area is 42.4 Å². The van der Waals surface area contributed by atoms with E-state index in [4.69, 9.17) is 5.41 Å². The minimum absolute atomic E-state index is 0.267. The molecule has 0 aliphatic carbocycles. The van der Waals surface area contributed by atoms with Gasteiger partial charge in [-0.3, -0.25) is 5.41 Å². The van der Waals surface area contributed by atoms with Crippen LogP contribution in [0.25, 0.3) is 0 Å². The zero-order valence-corrected chi connectivity index (χ0v) is 4.24. The fourth-order valence-corrected chi connectivity index (χ4v) is 0.183. The second-order valence-electron chi connectivity index (χ2n) is 1.22. The molecule has 0 saturated heterocycles. The summed E-state index contributed by atoms with van der Waals surface area (Å²) in [5.41, 5.74) is 0. The number of hydrogen-bond donors (Lipinski definition) is 1. The summed E-state index contributed by atoms with van der Waals surface area (Å²) in [6, 6.07) is 0. The second-order valence-corrected chi connectivity index (χ2v) is 1.22. The molecule has 0 unspecified atom stereocenters. The van der Waals surface area contributed by atoms with Crippen LogP contribution in [0.5, 0.6) is 0 Å². The third kappa shape index (κ3) is 3.22. The Bertz CT molecular complexity index is 55.7. The molecule has 0 amide bonds. The van der Waals surface area contributed by atoms with Crippen LogP contribution in [0.1, 0.15) is 0 Å².